The number of nitrogens with zero attached hydrogens (tertiary/aromatic N) is 3. The van der Waals surface area contributed by atoms with Gasteiger partial charge in [0.05, 0.1) is 23.4 Å². The van der Waals surface area contributed by atoms with E-state index in [-0.39, 0.29) is 17.4 Å². The van der Waals surface area contributed by atoms with Crippen LogP contribution in [-0.2, 0) is 11.8 Å². The molecule has 3 aromatic heterocycles. The molecule has 1 unspecified atom stereocenters. The lowest BCUT2D eigenvalue weighted by Gasteiger charge is -2.14. The Morgan fingerprint density at radius 1 is 1.36 bits per heavy atom. The first-order valence-corrected chi connectivity index (χ1v) is 8.25. The predicted molar refractivity (Wildman–Crippen MR) is 95.1 cm³/mol. The van der Waals surface area contributed by atoms with Gasteiger partial charge in [0.15, 0.2) is 0 Å². The molecule has 0 radical (unpaired) electrons. The van der Waals surface area contributed by atoms with Gasteiger partial charge >= 0.3 is 5.97 Å². The van der Waals surface area contributed by atoms with Gasteiger partial charge in [-0.2, -0.15) is 5.10 Å². The van der Waals surface area contributed by atoms with Crippen LogP contribution in [0.2, 0.25) is 0 Å². The van der Waals surface area contributed by atoms with Crippen LogP contribution in [0.3, 0.4) is 0 Å². The monoisotopic (exact) mass is 339 g/mol. The van der Waals surface area contributed by atoms with Gasteiger partial charge < -0.3 is 9.30 Å². The Morgan fingerprint density at radius 3 is 2.80 bits per heavy atom. The second-order valence-corrected chi connectivity index (χ2v) is 6.06. The zero-order chi connectivity index (χ0) is 18.1. The van der Waals surface area contributed by atoms with Crippen LogP contribution in [0, 0.1) is 6.92 Å². The van der Waals surface area contributed by atoms with Crippen molar-refractivity contribution in [1.29, 1.82) is 0 Å². The van der Waals surface area contributed by atoms with Gasteiger partial charge in [-0.1, -0.05) is 6.92 Å². The van der Waals surface area contributed by atoms with Gasteiger partial charge in [0.1, 0.15) is 0 Å². The number of carbonyl (C=O) groups excluding carboxylic acids is 1. The summed E-state index contributed by atoms with van der Waals surface area (Å²) in [5.41, 5.74) is 3.76. The minimum absolute atomic E-state index is 0.0681. The molecule has 0 aromatic carbocycles. The van der Waals surface area contributed by atoms with Gasteiger partial charge in [-0.25, -0.2) is 9.31 Å². The Labute approximate surface area is 145 Å². The summed E-state index contributed by atoms with van der Waals surface area (Å²) >= 11 is 0. The van der Waals surface area contributed by atoms with E-state index in [1.807, 2.05) is 26.0 Å². The highest BCUT2D eigenvalue weighted by Gasteiger charge is 2.26. The molecule has 3 heterocycles. The number of hydrogen-bond donors (Lipinski definition) is 0. The molecule has 6 nitrogen and oxygen atoms in total. The van der Waals surface area contributed by atoms with Crippen molar-refractivity contribution in [1.82, 2.24) is 14.2 Å². The molecular weight excluding hydrogens is 318 g/mol. The van der Waals surface area contributed by atoms with E-state index in [4.69, 9.17) is 4.74 Å². The van der Waals surface area contributed by atoms with Gasteiger partial charge in [-0.3, -0.25) is 4.79 Å². The summed E-state index contributed by atoms with van der Waals surface area (Å²) in [5, 5.41) is 4.42. The molecule has 3 aromatic rings. The highest BCUT2D eigenvalue weighted by atomic mass is 16.5. The molecule has 0 saturated carbocycles. The highest BCUT2D eigenvalue weighted by molar-refractivity contribution is 5.99. The summed E-state index contributed by atoms with van der Waals surface area (Å²) in [6, 6.07) is 7.19. The predicted octanol–water partition coefficient (Wildman–Crippen LogP) is 2.67. The summed E-state index contributed by atoms with van der Waals surface area (Å²) in [6.07, 6.45) is 3.43. The van der Waals surface area contributed by atoms with E-state index in [1.54, 1.807) is 43.0 Å². The Balaban J connectivity index is 2.22. The molecule has 6 heteroatoms. The Kier molecular flexibility index (Phi) is 4.44. The lowest BCUT2D eigenvalue weighted by atomic mass is 9.95. The van der Waals surface area contributed by atoms with Crippen LogP contribution >= 0.6 is 0 Å². The minimum atomic E-state index is -0.354. The van der Waals surface area contributed by atoms with Crippen LogP contribution < -0.4 is 5.56 Å². The molecule has 0 amide bonds. The Bertz CT molecular complexity index is 1000. The van der Waals surface area contributed by atoms with E-state index in [0.717, 1.165) is 16.8 Å². The van der Waals surface area contributed by atoms with Gasteiger partial charge in [0.25, 0.3) is 5.56 Å². The van der Waals surface area contributed by atoms with Crippen LogP contribution in [0.4, 0.5) is 0 Å². The van der Waals surface area contributed by atoms with Gasteiger partial charge in [0, 0.05) is 31.4 Å². The topological polar surface area (TPSA) is 65.6 Å². The summed E-state index contributed by atoms with van der Waals surface area (Å²) in [5.74, 6) is -0.451. The normalized spacial score (nSPS) is 12.3. The van der Waals surface area contributed by atoms with E-state index >= 15 is 0 Å². The first-order valence-electron chi connectivity index (χ1n) is 8.25. The number of ether oxygens (including phenoxy) is 1. The molecule has 0 bridgehead atoms. The molecule has 3 rings (SSSR count). The fraction of sp³-hybridized carbons (Fsp3) is 0.316. The maximum absolute atomic E-state index is 12.4. The third-order valence-electron chi connectivity index (χ3n) is 4.51. The van der Waals surface area contributed by atoms with E-state index < -0.39 is 0 Å². The zero-order valence-corrected chi connectivity index (χ0v) is 14.8. The highest BCUT2D eigenvalue weighted by Crippen LogP contribution is 2.32. The van der Waals surface area contributed by atoms with E-state index in [0.29, 0.717) is 17.7 Å². The van der Waals surface area contributed by atoms with Gasteiger partial charge in [-0.15, -0.1) is 0 Å². The molecule has 0 aliphatic rings. The number of hydrogen-bond acceptors (Lipinski definition) is 4. The average Bonchev–Trinajstić information content (AvgIpc) is 2.89. The average molecular weight is 339 g/mol. The minimum Gasteiger partial charge on any atom is -0.462 e. The second-order valence-electron chi connectivity index (χ2n) is 6.06. The largest absolute Gasteiger partial charge is 0.462 e. The Hall–Kier alpha value is -2.89. The second kappa shape index (κ2) is 6.55. The quantitative estimate of drug-likeness (QED) is 0.686. The van der Waals surface area contributed by atoms with Crippen LogP contribution in [0.5, 0.6) is 0 Å². The molecule has 0 aliphatic carbocycles. The standard InChI is InChI=1S/C19H21N3O3/c1-5-25-19(24)17-13(3)18(22-15(17)7-6-9-20-22)12(2)14-8-10-21(4)16(23)11-14/h6-12H,5H2,1-4H3. The van der Waals surface area contributed by atoms with Crippen LogP contribution in [-0.4, -0.2) is 26.8 Å². The van der Waals surface area contributed by atoms with Crippen molar-refractivity contribution < 1.29 is 9.53 Å². The number of carbonyl (C=O) groups is 1. The molecular formula is C19H21N3O3. The first-order chi connectivity index (χ1) is 12.0. The fourth-order valence-electron chi connectivity index (χ4n) is 3.19. The number of aryl methyl sites for hydroxylation is 1. The molecule has 0 aliphatic heterocycles. The Morgan fingerprint density at radius 2 is 2.12 bits per heavy atom. The summed E-state index contributed by atoms with van der Waals surface area (Å²) in [4.78, 5) is 24.4. The number of pyridine rings is 1. The van der Waals surface area contributed by atoms with E-state index in [1.165, 1.54) is 4.57 Å². The van der Waals surface area contributed by atoms with Gasteiger partial charge in [-0.05, 0) is 43.2 Å². The lowest BCUT2D eigenvalue weighted by molar-refractivity contribution is 0.0528. The molecule has 0 spiro atoms. The van der Waals surface area contributed by atoms with Crippen molar-refractivity contribution >= 4 is 11.5 Å². The molecule has 1 atom stereocenters. The smallest absolute Gasteiger partial charge is 0.340 e. The van der Waals surface area contributed by atoms with Crippen LogP contribution in [0.15, 0.2) is 41.5 Å². The fourth-order valence-corrected chi connectivity index (χ4v) is 3.19. The molecule has 0 N–H and O–H groups in total. The van der Waals surface area contributed by atoms with Gasteiger partial charge in [0.2, 0.25) is 0 Å². The molecule has 0 fully saturated rings. The van der Waals surface area contributed by atoms with E-state index in [9.17, 15) is 9.59 Å². The molecule has 130 valence electrons. The maximum Gasteiger partial charge on any atom is 0.340 e. The van der Waals surface area contributed by atoms with Crippen molar-refractivity contribution in [2.45, 2.75) is 26.7 Å². The summed E-state index contributed by atoms with van der Waals surface area (Å²) in [7, 11) is 1.72. The number of aromatic nitrogens is 3. The van der Waals surface area contributed by atoms with Crippen molar-refractivity contribution in [2.75, 3.05) is 6.61 Å². The third kappa shape index (κ3) is 2.84. The number of rotatable bonds is 4. The van der Waals surface area contributed by atoms with Crippen LogP contribution in [0.1, 0.15) is 46.9 Å². The van der Waals surface area contributed by atoms with E-state index in [2.05, 4.69) is 5.10 Å². The van der Waals surface area contributed by atoms with Crippen molar-refractivity contribution in [2.24, 2.45) is 7.05 Å². The van der Waals surface area contributed by atoms with Crippen molar-refractivity contribution in [3.8, 4) is 0 Å². The first kappa shape index (κ1) is 17.0. The lowest BCUT2D eigenvalue weighted by Crippen LogP contribution is -2.16. The summed E-state index contributed by atoms with van der Waals surface area (Å²) < 4.78 is 8.51. The summed E-state index contributed by atoms with van der Waals surface area (Å²) in [6.45, 7) is 6.00. The molecule has 25 heavy (non-hydrogen) atoms. The number of esters is 1. The van der Waals surface area contributed by atoms with Crippen molar-refractivity contribution in [3.05, 3.63) is 69.4 Å². The van der Waals surface area contributed by atoms with Crippen molar-refractivity contribution in [3.63, 3.8) is 0 Å². The number of fused-ring (bicyclic) bond motifs is 1. The third-order valence-corrected chi connectivity index (χ3v) is 4.51. The van der Waals surface area contributed by atoms with Crippen LogP contribution in [0.25, 0.3) is 5.52 Å². The SMILES string of the molecule is CCOC(=O)c1c(C)c(C(C)c2ccn(C)c(=O)c2)n2ncccc12. The zero-order valence-electron chi connectivity index (χ0n) is 14.8. The maximum atomic E-state index is 12.4. The molecule has 0 saturated heterocycles.